The van der Waals surface area contributed by atoms with Crippen LogP contribution in [0, 0.1) is 5.92 Å². The topological polar surface area (TPSA) is 37.3 Å². The van der Waals surface area contributed by atoms with Crippen molar-refractivity contribution in [2.45, 2.75) is 44.4 Å². The van der Waals surface area contributed by atoms with Crippen molar-refractivity contribution in [1.82, 2.24) is 0 Å². The van der Waals surface area contributed by atoms with Gasteiger partial charge in [0.2, 0.25) is 0 Å². The maximum absolute atomic E-state index is 10.5. The zero-order valence-electron chi connectivity index (χ0n) is 9.39. The monoisotopic (exact) mass is 238 g/mol. The zero-order chi connectivity index (χ0) is 11.4. The van der Waals surface area contributed by atoms with Crippen LogP contribution in [-0.4, -0.2) is 11.1 Å². The number of thiophene rings is 1. The highest BCUT2D eigenvalue weighted by Gasteiger charge is 2.23. The van der Waals surface area contributed by atoms with Crippen molar-refractivity contribution in [1.29, 1.82) is 0 Å². The highest BCUT2D eigenvalue weighted by molar-refractivity contribution is 7.10. The molecule has 0 bridgehead atoms. The largest absolute Gasteiger partial charge is 0.481 e. The molecular weight excluding hydrogens is 220 g/mol. The Bertz CT molecular complexity index is 324. The number of carboxylic acid groups (broad SMARTS) is 1. The van der Waals surface area contributed by atoms with Gasteiger partial charge in [-0.15, -0.1) is 11.3 Å². The summed E-state index contributed by atoms with van der Waals surface area (Å²) < 4.78 is 0. The van der Waals surface area contributed by atoms with Crippen molar-refractivity contribution in [2.75, 3.05) is 0 Å². The number of rotatable bonds is 4. The summed E-state index contributed by atoms with van der Waals surface area (Å²) in [6, 6.07) is 4.35. The third-order valence-corrected chi connectivity index (χ3v) is 4.59. The van der Waals surface area contributed by atoms with Gasteiger partial charge in [0.25, 0.3) is 0 Å². The van der Waals surface area contributed by atoms with Gasteiger partial charge in [0, 0.05) is 11.3 Å². The van der Waals surface area contributed by atoms with E-state index in [-0.39, 0.29) is 0 Å². The second-order valence-electron chi connectivity index (χ2n) is 4.67. The van der Waals surface area contributed by atoms with Crippen LogP contribution in [0.3, 0.4) is 0 Å². The van der Waals surface area contributed by atoms with Gasteiger partial charge in [-0.05, 0) is 55.4 Å². The standard InChI is InChI=1S/C13H18O2S/c14-13(15)8-5-10-3-6-11(7-4-10)12-2-1-9-16-12/h1-2,9-11H,3-8H2,(H,14,15). The molecule has 0 unspecified atom stereocenters. The van der Waals surface area contributed by atoms with Gasteiger partial charge in [0.05, 0.1) is 0 Å². The Balaban J connectivity index is 1.76. The van der Waals surface area contributed by atoms with Crippen LogP contribution in [0.1, 0.15) is 49.3 Å². The molecule has 1 saturated carbocycles. The summed E-state index contributed by atoms with van der Waals surface area (Å²) in [5.41, 5.74) is 0. The van der Waals surface area contributed by atoms with Crippen LogP contribution in [0.5, 0.6) is 0 Å². The molecule has 0 aliphatic heterocycles. The minimum Gasteiger partial charge on any atom is -0.481 e. The maximum atomic E-state index is 10.5. The lowest BCUT2D eigenvalue weighted by atomic mass is 9.79. The minimum absolute atomic E-state index is 0.342. The van der Waals surface area contributed by atoms with Gasteiger partial charge in [-0.3, -0.25) is 4.79 Å². The van der Waals surface area contributed by atoms with Gasteiger partial charge in [0.15, 0.2) is 0 Å². The quantitative estimate of drug-likeness (QED) is 0.864. The van der Waals surface area contributed by atoms with Gasteiger partial charge in [-0.1, -0.05) is 6.07 Å². The summed E-state index contributed by atoms with van der Waals surface area (Å²) in [6.07, 6.45) is 6.10. The van der Waals surface area contributed by atoms with Crippen LogP contribution in [-0.2, 0) is 4.79 Å². The zero-order valence-corrected chi connectivity index (χ0v) is 10.2. The van der Waals surface area contributed by atoms with Gasteiger partial charge < -0.3 is 5.11 Å². The first kappa shape index (κ1) is 11.6. The Morgan fingerprint density at radius 2 is 2.12 bits per heavy atom. The van der Waals surface area contributed by atoms with Crippen molar-refractivity contribution in [3.63, 3.8) is 0 Å². The van der Waals surface area contributed by atoms with E-state index in [0.717, 1.165) is 12.3 Å². The molecule has 1 aromatic heterocycles. The molecule has 0 radical (unpaired) electrons. The summed E-state index contributed by atoms with van der Waals surface area (Å²) in [5, 5.41) is 10.8. The first-order valence-electron chi connectivity index (χ1n) is 6.01. The number of carbonyl (C=O) groups is 1. The molecule has 0 atom stereocenters. The van der Waals surface area contributed by atoms with Crippen molar-refractivity contribution in [3.05, 3.63) is 22.4 Å². The average molecular weight is 238 g/mol. The Hall–Kier alpha value is -0.830. The van der Waals surface area contributed by atoms with Crippen molar-refractivity contribution in [3.8, 4) is 0 Å². The van der Waals surface area contributed by atoms with E-state index >= 15 is 0 Å². The molecule has 0 spiro atoms. The van der Waals surface area contributed by atoms with Crippen LogP contribution < -0.4 is 0 Å². The van der Waals surface area contributed by atoms with E-state index < -0.39 is 5.97 Å². The molecule has 1 aliphatic carbocycles. The van der Waals surface area contributed by atoms with Crippen LogP contribution in [0.2, 0.25) is 0 Å². The van der Waals surface area contributed by atoms with Crippen molar-refractivity contribution < 1.29 is 9.90 Å². The van der Waals surface area contributed by atoms with Gasteiger partial charge in [-0.2, -0.15) is 0 Å². The molecule has 3 heteroatoms. The minimum atomic E-state index is -0.652. The van der Waals surface area contributed by atoms with Crippen LogP contribution in [0.4, 0.5) is 0 Å². The molecule has 1 aromatic rings. The predicted molar refractivity (Wildman–Crippen MR) is 65.9 cm³/mol. The van der Waals surface area contributed by atoms with Crippen LogP contribution in [0.15, 0.2) is 17.5 Å². The summed E-state index contributed by atoms with van der Waals surface area (Å²) in [5.74, 6) is 0.730. The van der Waals surface area contributed by atoms with E-state index in [0.29, 0.717) is 12.3 Å². The summed E-state index contributed by atoms with van der Waals surface area (Å²) in [4.78, 5) is 12.0. The molecule has 0 amide bonds. The van der Waals surface area contributed by atoms with E-state index in [2.05, 4.69) is 17.5 Å². The van der Waals surface area contributed by atoms with Gasteiger partial charge >= 0.3 is 5.97 Å². The number of hydrogen-bond donors (Lipinski definition) is 1. The molecule has 2 rings (SSSR count). The fourth-order valence-corrected chi connectivity index (χ4v) is 3.49. The normalized spacial score (nSPS) is 25.5. The molecular formula is C13H18O2S. The summed E-state index contributed by atoms with van der Waals surface area (Å²) >= 11 is 1.85. The Morgan fingerprint density at radius 3 is 2.69 bits per heavy atom. The Kier molecular flexibility index (Phi) is 3.99. The third kappa shape index (κ3) is 3.08. The molecule has 0 saturated heterocycles. The van der Waals surface area contributed by atoms with E-state index in [1.54, 1.807) is 0 Å². The fourth-order valence-electron chi connectivity index (χ4n) is 2.59. The SMILES string of the molecule is O=C(O)CCC1CCC(c2cccs2)CC1. The highest BCUT2D eigenvalue weighted by Crippen LogP contribution is 2.38. The smallest absolute Gasteiger partial charge is 0.303 e. The third-order valence-electron chi connectivity index (χ3n) is 3.56. The highest BCUT2D eigenvalue weighted by atomic mass is 32.1. The lowest BCUT2D eigenvalue weighted by Gasteiger charge is -2.27. The summed E-state index contributed by atoms with van der Waals surface area (Å²) in [7, 11) is 0. The number of hydrogen-bond acceptors (Lipinski definition) is 2. The maximum Gasteiger partial charge on any atom is 0.303 e. The second-order valence-corrected chi connectivity index (χ2v) is 5.64. The molecule has 1 N–H and O–H groups in total. The summed E-state index contributed by atoms with van der Waals surface area (Å²) in [6.45, 7) is 0. The van der Waals surface area contributed by atoms with Crippen LogP contribution in [0.25, 0.3) is 0 Å². The second kappa shape index (κ2) is 5.48. The van der Waals surface area contributed by atoms with E-state index in [1.165, 1.54) is 30.6 Å². The van der Waals surface area contributed by atoms with Crippen molar-refractivity contribution >= 4 is 17.3 Å². The molecule has 0 aromatic carbocycles. The first-order valence-corrected chi connectivity index (χ1v) is 6.89. The molecule has 16 heavy (non-hydrogen) atoms. The number of carboxylic acids is 1. The molecule has 1 fully saturated rings. The van der Waals surface area contributed by atoms with Crippen LogP contribution >= 0.6 is 11.3 Å². The molecule has 88 valence electrons. The van der Waals surface area contributed by atoms with Gasteiger partial charge in [0.1, 0.15) is 0 Å². The first-order chi connectivity index (χ1) is 7.75. The Morgan fingerprint density at radius 1 is 1.38 bits per heavy atom. The fraction of sp³-hybridized carbons (Fsp3) is 0.615. The number of aliphatic carboxylic acids is 1. The predicted octanol–water partition coefficient (Wildman–Crippen LogP) is 3.89. The average Bonchev–Trinajstić information content (AvgIpc) is 2.80. The lowest BCUT2D eigenvalue weighted by molar-refractivity contribution is -0.137. The molecule has 1 aliphatic rings. The molecule has 1 heterocycles. The van der Waals surface area contributed by atoms with E-state index in [9.17, 15) is 4.79 Å². The Labute approximate surface area is 100 Å². The van der Waals surface area contributed by atoms with E-state index in [4.69, 9.17) is 5.11 Å². The molecule has 2 nitrogen and oxygen atoms in total. The van der Waals surface area contributed by atoms with E-state index in [1.807, 2.05) is 11.3 Å². The lowest BCUT2D eigenvalue weighted by Crippen LogP contribution is -2.13. The van der Waals surface area contributed by atoms with Crippen molar-refractivity contribution in [2.24, 2.45) is 5.92 Å². The van der Waals surface area contributed by atoms with Gasteiger partial charge in [-0.25, -0.2) is 0 Å².